The highest BCUT2D eigenvalue weighted by atomic mass is 32.1. The first kappa shape index (κ1) is 15.4. The molecule has 2 heterocycles. The summed E-state index contributed by atoms with van der Waals surface area (Å²) >= 11 is 1.10. The highest BCUT2D eigenvalue weighted by molar-refractivity contribution is 7.21. The number of pyridine rings is 1. The molecule has 1 aromatic carbocycles. The van der Waals surface area contributed by atoms with Crippen LogP contribution in [0.1, 0.15) is 20.9 Å². The van der Waals surface area contributed by atoms with E-state index in [1.165, 1.54) is 6.07 Å². The second-order valence-corrected chi connectivity index (χ2v) is 6.16. The van der Waals surface area contributed by atoms with Gasteiger partial charge in [0.1, 0.15) is 27.0 Å². The molecule has 0 aliphatic rings. The first-order chi connectivity index (χ1) is 10.9. The summed E-state index contributed by atoms with van der Waals surface area (Å²) in [5, 5.41) is 2.94. The van der Waals surface area contributed by atoms with E-state index in [2.05, 4.69) is 10.3 Å². The second-order valence-electron chi connectivity index (χ2n) is 5.16. The van der Waals surface area contributed by atoms with E-state index in [0.717, 1.165) is 34.7 Å². The summed E-state index contributed by atoms with van der Waals surface area (Å²) < 4.78 is 27.3. The van der Waals surface area contributed by atoms with Gasteiger partial charge in [0.25, 0.3) is 5.91 Å². The van der Waals surface area contributed by atoms with Crippen molar-refractivity contribution in [1.29, 1.82) is 0 Å². The minimum atomic E-state index is -0.844. The van der Waals surface area contributed by atoms with Crippen molar-refractivity contribution in [2.24, 2.45) is 0 Å². The predicted octanol–water partition coefficient (Wildman–Crippen LogP) is 4.03. The molecule has 0 spiro atoms. The van der Waals surface area contributed by atoms with Crippen LogP contribution in [0.3, 0.4) is 0 Å². The van der Waals surface area contributed by atoms with Crippen molar-refractivity contribution in [3.63, 3.8) is 0 Å². The fraction of sp³-hybridized carbons (Fsp3) is 0.125. The Hall–Kier alpha value is -2.54. The quantitative estimate of drug-likeness (QED) is 0.744. The van der Waals surface area contributed by atoms with Crippen LogP contribution in [0.2, 0.25) is 0 Å². The fourth-order valence-corrected chi connectivity index (χ4v) is 3.54. The zero-order chi connectivity index (χ0) is 16.7. The van der Waals surface area contributed by atoms with Gasteiger partial charge in [-0.05, 0) is 37.6 Å². The van der Waals surface area contributed by atoms with Gasteiger partial charge in [0.15, 0.2) is 0 Å². The molecular formula is C16H13F2N3OS. The van der Waals surface area contributed by atoms with Gasteiger partial charge in [-0.1, -0.05) is 6.07 Å². The van der Waals surface area contributed by atoms with Crippen LogP contribution >= 0.6 is 11.3 Å². The Bertz CT molecular complexity index is 916. The number of halogens is 2. The molecule has 0 atom stereocenters. The lowest BCUT2D eigenvalue weighted by Gasteiger charge is -2.06. The van der Waals surface area contributed by atoms with Crippen LogP contribution in [0.4, 0.5) is 20.2 Å². The number of fused-ring (bicyclic) bond motifs is 1. The number of carbonyl (C=O) groups excluding carboxylic acids is 1. The van der Waals surface area contributed by atoms with E-state index < -0.39 is 23.2 Å². The van der Waals surface area contributed by atoms with Crippen LogP contribution in [0.5, 0.6) is 0 Å². The Morgan fingerprint density at radius 3 is 2.57 bits per heavy atom. The van der Waals surface area contributed by atoms with E-state index in [9.17, 15) is 13.6 Å². The third kappa shape index (κ3) is 2.63. The van der Waals surface area contributed by atoms with Gasteiger partial charge in [0, 0.05) is 11.1 Å². The first-order valence-electron chi connectivity index (χ1n) is 6.80. The van der Waals surface area contributed by atoms with Crippen molar-refractivity contribution in [2.75, 3.05) is 11.1 Å². The molecule has 0 saturated heterocycles. The first-order valence-corrected chi connectivity index (χ1v) is 7.61. The fourth-order valence-electron chi connectivity index (χ4n) is 2.43. The number of carbonyl (C=O) groups is 1. The van der Waals surface area contributed by atoms with Gasteiger partial charge >= 0.3 is 0 Å². The minimum Gasteiger partial charge on any atom is -0.397 e. The number of para-hydroxylation sites is 1. The zero-order valence-electron chi connectivity index (χ0n) is 12.4. The molecule has 0 aliphatic carbocycles. The number of nitrogen functional groups attached to an aromatic ring is 1. The number of aryl methyl sites for hydroxylation is 2. The monoisotopic (exact) mass is 333 g/mol. The molecule has 1 amide bonds. The molecule has 0 unspecified atom stereocenters. The highest BCUT2D eigenvalue weighted by Crippen LogP contribution is 2.35. The van der Waals surface area contributed by atoms with E-state index in [1.54, 1.807) is 0 Å². The van der Waals surface area contributed by atoms with Gasteiger partial charge in [-0.2, -0.15) is 0 Å². The molecule has 3 rings (SSSR count). The van der Waals surface area contributed by atoms with E-state index in [4.69, 9.17) is 5.73 Å². The number of hydrogen-bond acceptors (Lipinski definition) is 4. The number of benzene rings is 1. The average molecular weight is 333 g/mol. The van der Waals surface area contributed by atoms with Gasteiger partial charge in [-0.3, -0.25) is 4.79 Å². The van der Waals surface area contributed by atoms with Crippen molar-refractivity contribution < 1.29 is 13.6 Å². The molecule has 0 bridgehead atoms. The third-order valence-corrected chi connectivity index (χ3v) is 4.53. The van der Waals surface area contributed by atoms with Gasteiger partial charge in [0.2, 0.25) is 0 Å². The van der Waals surface area contributed by atoms with E-state index in [-0.39, 0.29) is 10.6 Å². The lowest BCUT2D eigenvalue weighted by Crippen LogP contribution is -2.14. The van der Waals surface area contributed by atoms with Crippen LogP contribution < -0.4 is 11.1 Å². The normalized spacial score (nSPS) is 11.0. The Balaban J connectivity index is 2.05. The summed E-state index contributed by atoms with van der Waals surface area (Å²) in [6.45, 7) is 3.72. The molecule has 23 heavy (non-hydrogen) atoms. The Kier molecular flexibility index (Phi) is 3.73. The van der Waals surface area contributed by atoms with Gasteiger partial charge in [-0.25, -0.2) is 13.8 Å². The lowest BCUT2D eigenvalue weighted by atomic mass is 10.1. The van der Waals surface area contributed by atoms with Crippen molar-refractivity contribution >= 4 is 38.8 Å². The molecule has 0 aliphatic heterocycles. The summed E-state index contributed by atoms with van der Waals surface area (Å²) in [6, 6.07) is 5.23. The number of thiophene rings is 1. The summed E-state index contributed by atoms with van der Waals surface area (Å²) in [4.78, 5) is 17.5. The molecule has 0 fully saturated rings. The van der Waals surface area contributed by atoms with Crippen molar-refractivity contribution in [3.05, 3.63) is 52.0 Å². The summed E-state index contributed by atoms with van der Waals surface area (Å²) in [7, 11) is 0. The van der Waals surface area contributed by atoms with E-state index in [0.29, 0.717) is 10.2 Å². The molecule has 118 valence electrons. The molecule has 0 radical (unpaired) electrons. The maximum absolute atomic E-state index is 13.7. The molecule has 7 heteroatoms. The van der Waals surface area contributed by atoms with Crippen molar-refractivity contribution in [1.82, 2.24) is 4.98 Å². The van der Waals surface area contributed by atoms with Crippen molar-refractivity contribution in [2.45, 2.75) is 13.8 Å². The molecule has 4 nitrogen and oxygen atoms in total. The number of rotatable bonds is 2. The smallest absolute Gasteiger partial charge is 0.268 e. The number of hydrogen-bond donors (Lipinski definition) is 2. The van der Waals surface area contributed by atoms with Gasteiger partial charge in [0.05, 0.1) is 5.69 Å². The van der Waals surface area contributed by atoms with Crippen molar-refractivity contribution in [3.8, 4) is 0 Å². The number of nitrogens with zero attached hydrogens (tertiary/aromatic N) is 1. The number of nitrogens with two attached hydrogens (primary N) is 1. The van der Waals surface area contributed by atoms with Crippen LogP contribution in [0.15, 0.2) is 24.3 Å². The SMILES string of the molecule is Cc1cc(C)c2c(N)c(C(=O)Nc3c(F)cccc3F)sc2n1. The predicted molar refractivity (Wildman–Crippen MR) is 87.8 cm³/mol. The topological polar surface area (TPSA) is 68.0 Å². The molecule has 2 aromatic heterocycles. The van der Waals surface area contributed by atoms with Gasteiger partial charge in [-0.15, -0.1) is 11.3 Å². The lowest BCUT2D eigenvalue weighted by molar-refractivity contribution is 0.103. The van der Waals surface area contributed by atoms with E-state index >= 15 is 0 Å². The average Bonchev–Trinajstić information content (AvgIpc) is 2.80. The third-order valence-electron chi connectivity index (χ3n) is 3.43. The zero-order valence-corrected chi connectivity index (χ0v) is 13.2. The minimum absolute atomic E-state index is 0.184. The second kappa shape index (κ2) is 5.58. The molecule has 0 saturated carbocycles. The number of anilines is 2. The maximum atomic E-state index is 13.7. The van der Waals surface area contributed by atoms with Crippen LogP contribution in [0, 0.1) is 25.5 Å². The maximum Gasteiger partial charge on any atom is 0.268 e. The molecule has 3 N–H and O–H groups in total. The summed E-state index contributed by atoms with van der Waals surface area (Å²) in [5.74, 6) is -2.35. The Labute approximate surface area is 135 Å². The summed E-state index contributed by atoms with van der Waals surface area (Å²) in [6.07, 6.45) is 0. The van der Waals surface area contributed by atoms with Crippen LogP contribution in [-0.4, -0.2) is 10.9 Å². The van der Waals surface area contributed by atoms with Crippen LogP contribution in [-0.2, 0) is 0 Å². The Morgan fingerprint density at radius 2 is 1.91 bits per heavy atom. The van der Waals surface area contributed by atoms with Gasteiger partial charge < -0.3 is 11.1 Å². The Morgan fingerprint density at radius 1 is 1.26 bits per heavy atom. The number of nitrogens with one attached hydrogen (secondary N) is 1. The highest BCUT2D eigenvalue weighted by Gasteiger charge is 2.21. The number of aromatic nitrogens is 1. The molecular weight excluding hydrogens is 320 g/mol. The summed E-state index contributed by atoms with van der Waals surface area (Å²) in [5.41, 5.74) is 7.53. The van der Waals surface area contributed by atoms with Crippen LogP contribution in [0.25, 0.3) is 10.2 Å². The molecule has 3 aromatic rings. The van der Waals surface area contributed by atoms with E-state index in [1.807, 2.05) is 19.9 Å². The number of amides is 1. The standard InChI is InChI=1S/C16H13F2N3OS/c1-7-6-8(2)20-16-11(7)12(19)14(23-16)15(22)21-13-9(17)4-3-5-10(13)18/h3-6H,19H2,1-2H3,(H,21,22). The largest absolute Gasteiger partial charge is 0.397 e.